The summed E-state index contributed by atoms with van der Waals surface area (Å²) in [5.74, 6) is -8.14. The topological polar surface area (TPSA) is 449 Å². The molecule has 0 amide bonds. The molecule has 4 saturated heterocycles. The maximum atomic E-state index is 14.3. The summed E-state index contributed by atoms with van der Waals surface area (Å²) < 4.78 is 47.9. The van der Waals surface area contributed by atoms with Crippen LogP contribution in [0.1, 0.15) is 93.4 Å². The SMILES string of the molecule is CC1(C)C[C@H]2C3=CC[C@@H]4[C@@]5(C)CC[C@H](O[C@@H]6O[C@H](C(=O)O[C@@H]7OC[C@@H](O)[C@@H](O)[C@@H]7O)[C@@H](O)[C@H](O[C@@H]7O[C@H](CO)[C@@H](O)[C@H](O)[C@H]7O)[C@H]6O[C@@H]6O[C@H](CO)[C@@H](O)[C@H](O)[C@H]6O)C(C)(C)[C@@H]5CC[C@@]4(C)[C@]3(C)C[C@@H](O)[C@@]2(CO)[C@@H](C(=O)O)[C@@H]1C(=O)O. The van der Waals surface area contributed by atoms with E-state index < -0.39 is 224 Å². The molecule has 4 saturated carbocycles. The highest BCUT2D eigenvalue weighted by Crippen LogP contribution is 2.77. The normalized spacial score (nSPS) is 52.6. The summed E-state index contributed by atoms with van der Waals surface area (Å²) in [6.45, 7) is 10.7. The molecular formula is C55H86O27. The number of esters is 1. The summed E-state index contributed by atoms with van der Waals surface area (Å²) in [7, 11) is 0. The number of carboxylic acid groups (broad SMARTS) is 2. The molecule has 82 heavy (non-hydrogen) atoms. The Morgan fingerprint density at radius 1 is 0.598 bits per heavy atom. The molecule has 0 aromatic rings. The van der Waals surface area contributed by atoms with Crippen LogP contribution in [0.2, 0.25) is 0 Å². The van der Waals surface area contributed by atoms with E-state index in [0.29, 0.717) is 25.7 Å². The number of aliphatic hydroxyl groups is 14. The van der Waals surface area contributed by atoms with Crippen LogP contribution in [0.15, 0.2) is 11.6 Å². The summed E-state index contributed by atoms with van der Waals surface area (Å²) in [4.78, 5) is 40.5. The van der Waals surface area contributed by atoms with Crippen LogP contribution in [0.3, 0.4) is 0 Å². The highest BCUT2D eigenvalue weighted by Gasteiger charge is 2.74. The molecule has 9 rings (SSSR count). The highest BCUT2D eigenvalue weighted by atomic mass is 16.8. The first-order valence-corrected chi connectivity index (χ1v) is 28.5. The van der Waals surface area contributed by atoms with Gasteiger partial charge in [-0.25, -0.2) is 4.79 Å². The Hall–Kier alpha value is -2.69. The minimum atomic E-state index is -2.32. The van der Waals surface area contributed by atoms with Gasteiger partial charge in [0.05, 0.1) is 50.5 Å². The number of carbonyl (C=O) groups excluding carboxylic acids is 1. The molecule has 0 spiro atoms. The molecule has 0 radical (unpaired) electrons. The zero-order valence-electron chi connectivity index (χ0n) is 47.0. The molecule has 27 nitrogen and oxygen atoms in total. The highest BCUT2D eigenvalue weighted by molar-refractivity contribution is 5.82. The van der Waals surface area contributed by atoms with Crippen LogP contribution in [0.25, 0.3) is 0 Å². The molecule has 0 unspecified atom stereocenters. The number of aliphatic hydroxyl groups excluding tert-OH is 14. The third-order valence-corrected chi connectivity index (χ3v) is 22.0. The van der Waals surface area contributed by atoms with Crippen LogP contribution in [-0.2, 0) is 52.3 Å². The quantitative estimate of drug-likeness (QED) is 0.0478. The van der Waals surface area contributed by atoms with Gasteiger partial charge in [0.1, 0.15) is 85.5 Å². The number of carbonyl (C=O) groups is 3. The van der Waals surface area contributed by atoms with Crippen LogP contribution in [-0.4, -0.2) is 255 Å². The first-order chi connectivity index (χ1) is 38.2. The molecule has 30 atom stereocenters. The number of ether oxygens (including phenoxy) is 8. The Morgan fingerprint density at radius 2 is 1.16 bits per heavy atom. The van der Waals surface area contributed by atoms with E-state index >= 15 is 0 Å². The number of carboxylic acids is 2. The van der Waals surface area contributed by atoms with E-state index in [1.807, 2.05) is 13.8 Å². The van der Waals surface area contributed by atoms with Crippen molar-refractivity contribution in [2.24, 2.45) is 62.1 Å². The van der Waals surface area contributed by atoms with Gasteiger partial charge >= 0.3 is 17.9 Å². The van der Waals surface area contributed by atoms with Crippen molar-refractivity contribution in [1.82, 2.24) is 0 Å². The van der Waals surface area contributed by atoms with Crippen molar-refractivity contribution in [1.29, 1.82) is 0 Å². The lowest BCUT2D eigenvalue weighted by Gasteiger charge is -2.72. The Labute approximate surface area is 473 Å². The average molecular weight is 1180 g/mol. The maximum absolute atomic E-state index is 14.3. The fourth-order valence-corrected chi connectivity index (χ4v) is 17.4. The van der Waals surface area contributed by atoms with Crippen molar-refractivity contribution in [3.63, 3.8) is 0 Å². The molecule has 9 aliphatic rings. The van der Waals surface area contributed by atoms with Crippen molar-refractivity contribution in [3.05, 3.63) is 11.6 Å². The predicted octanol–water partition coefficient (Wildman–Crippen LogP) is -3.80. The minimum Gasteiger partial charge on any atom is -0.481 e. The zero-order valence-corrected chi connectivity index (χ0v) is 47.0. The third kappa shape index (κ3) is 9.89. The smallest absolute Gasteiger partial charge is 0.340 e. The monoisotopic (exact) mass is 1180 g/mol. The van der Waals surface area contributed by atoms with Gasteiger partial charge in [-0.1, -0.05) is 60.1 Å². The van der Waals surface area contributed by atoms with E-state index in [4.69, 9.17) is 37.9 Å². The lowest BCUT2D eigenvalue weighted by atomic mass is 9.32. The zero-order chi connectivity index (χ0) is 60.5. The minimum absolute atomic E-state index is 0.0559. The number of allylic oxidation sites excluding steroid dienone is 2. The molecule has 4 aliphatic heterocycles. The van der Waals surface area contributed by atoms with Crippen LogP contribution >= 0.6 is 0 Å². The van der Waals surface area contributed by atoms with Crippen LogP contribution in [0.5, 0.6) is 0 Å². The summed E-state index contributed by atoms with van der Waals surface area (Å²) in [5, 5.41) is 174. The van der Waals surface area contributed by atoms with Crippen molar-refractivity contribution in [3.8, 4) is 0 Å². The summed E-state index contributed by atoms with van der Waals surface area (Å²) in [6, 6.07) is 0. The second-order valence-electron chi connectivity index (χ2n) is 26.8. The van der Waals surface area contributed by atoms with E-state index in [2.05, 4.69) is 26.8 Å². The van der Waals surface area contributed by atoms with Gasteiger partial charge in [0.2, 0.25) is 6.29 Å². The van der Waals surface area contributed by atoms with Gasteiger partial charge in [0.25, 0.3) is 0 Å². The molecule has 16 N–H and O–H groups in total. The van der Waals surface area contributed by atoms with Gasteiger partial charge in [-0.3, -0.25) is 9.59 Å². The number of rotatable bonds is 13. The number of hydrogen-bond acceptors (Lipinski definition) is 25. The summed E-state index contributed by atoms with van der Waals surface area (Å²) in [5.41, 5.74) is -4.52. The molecule has 468 valence electrons. The molecular weight excluding hydrogens is 1090 g/mol. The lowest BCUT2D eigenvalue weighted by molar-refractivity contribution is -0.397. The Bertz CT molecular complexity index is 2370. The van der Waals surface area contributed by atoms with Gasteiger partial charge < -0.3 is 120 Å². The first kappa shape index (κ1) is 63.8. The maximum Gasteiger partial charge on any atom is 0.340 e. The molecule has 5 aliphatic carbocycles. The van der Waals surface area contributed by atoms with Gasteiger partial charge in [-0.2, -0.15) is 0 Å². The second kappa shape index (κ2) is 22.8. The molecule has 27 heteroatoms. The summed E-state index contributed by atoms with van der Waals surface area (Å²) in [6.07, 6.45) is -34.6. The van der Waals surface area contributed by atoms with Gasteiger partial charge in [-0.05, 0) is 89.8 Å². The van der Waals surface area contributed by atoms with Crippen molar-refractivity contribution in [2.45, 2.75) is 222 Å². The van der Waals surface area contributed by atoms with E-state index in [0.717, 1.165) is 5.57 Å². The van der Waals surface area contributed by atoms with Crippen molar-refractivity contribution < 1.29 is 134 Å². The standard InChI is InChI=1S/C55H86O27/c1-50(2)14-21-20-8-9-26-52(5)12-11-28(51(3,4)25(52)10-13-53(26,6)54(20,7)15-27(60)55(21,19-58)30(44(72)73)29(50)43(70)71)78-49-42(81-48-38(68)35(65)33(63)24(17-57)77-48)40(79-47-37(67)34(64)32(62)23(16-56)76-47)39(69)41(80-49)45(74)82-46-36(66)31(61)22(59)18-75-46/h8,21-42,46-49,56-69H,9-19H2,1-7H3,(H,70,71)(H,72,73)/t21-,22+,23+,24+,25-,26+,27+,28-,29+,30+,31+,32+,33+,34-,35-,36-,37+,38+,39-,40-,41-,42+,46-,47-,48-,49+,52-,53+,54+,55-/m0/s1. The van der Waals surface area contributed by atoms with E-state index in [9.17, 15) is 96.1 Å². The fraction of sp³-hybridized carbons (Fsp3) is 0.909. The molecule has 0 bridgehead atoms. The third-order valence-electron chi connectivity index (χ3n) is 22.0. The lowest BCUT2D eigenvalue weighted by Crippen LogP contribution is -2.71. The molecule has 0 aromatic carbocycles. The Kier molecular flexibility index (Phi) is 17.7. The van der Waals surface area contributed by atoms with E-state index in [-0.39, 0.29) is 31.1 Å². The largest absolute Gasteiger partial charge is 0.481 e. The fourth-order valence-electron chi connectivity index (χ4n) is 17.4. The van der Waals surface area contributed by atoms with Gasteiger partial charge in [0.15, 0.2) is 25.0 Å². The number of fused-ring (bicyclic) bond motifs is 7. The van der Waals surface area contributed by atoms with Gasteiger partial charge in [0, 0.05) is 5.41 Å². The molecule has 0 aromatic heterocycles. The van der Waals surface area contributed by atoms with Crippen LogP contribution < -0.4 is 0 Å². The van der Waals surface area contributed by atoms with Crippen LogP contribution in [0, 0.1) is 62.1 Å². The average Bonchev–Trinajstić information content (AvgIpc) is 0.938. The number of aliphatic carboxylic acids is 2. The van der Waals surface area contributed by atoms with E-state index in [1.54, 1.807) is 13.8 Å². The van der Waals surface area contributed by atoms with Crippen molar-refractivity contribution in [2.75, 3.05) is 26.4 Å². The molecule has 8 fully saturated rings. The van der Waals surface area contributed by atoms with Crippen LogP contribution in [0.4, 0.5) is 0 Å². The van der Waals surface area contributed by atoms with Gasteiger partial charge in [-0.15, -0.1) is 0 Å². The number of hydrogen-bond donors (Lipinski definition) is 16. The van der Waals surface area contributed by atoms with Crippen molar-refractivity contribution >= 4 is 17.9 Å². The predicted molar refractivity (Wildman–Crippen MR) is 271 cm³/mol. The van der Waals surface area contributed by atoms with E-state index in [1.165, 1.54) is 0 Å². The first-order valence-electron chi connectivity index (χ1n) is 28.5. The summed E-state index contributed by atoms with van der Waals surface area (Å²) >= 11 is 0. The molecule has 4 heterocycles. The Morgan fingerprint density at radius 3 is 1.71 bits per heavy atom. The Balaban J connectivity index is 1.07. The second-order valence-corrected chi connectivity index (χ2v) is 26.8.